The molecule has 0 spiro atoms. The number of nitrogens with one attached hydrogen (secondary N) is 1. The van der Waals surface area contributed by atoms with Crippen LogP contribution < -0.4 is 31.8 Å². The third-order valence-corrected chi connectivity index (χ3v) is 10.2. The van der Waals surface area contributed by atoms with Crippen molar-refractivity contribution in [1.29, 1.82) is 0 Å². The number of aryl methyl sites for hydroxylation is 1. The maximum atomic E-state index is 11.0. The maximum Gasteiger partial charge on any atom is 0.303 e. The quantitative estimate of drug-likeness (QED) is 0.491. The first kappa shape index (κ1) is 17.0. The van der Waals surface area contributed by atoms with Crippen LogP contribution in [-0.4, -0.2) is 25.7 Å². The number of benzene rings is 2. The van der Waals surface area contributed by atoms with Crippen molar-refractivity contribution in [3.8, 4) is 0 Å². The van der Waals surface area contributed by atoms with Gasteiger partial charge in [0.05, 0.1) is 11.0 Å². The number of nitrogen functional groups attached to an aromatic ring is 1. The fourth-order valence-electron chi connectivity index (χ4n) is 4.27. The number of nitrogens with zero attached hydrogens (tertiary/aromatic N) is 1. The van der Waals surface area contributed by atoms with Crippen molar-refractivity contribution in [3.63, 3.8) is 0 Å². The Morgan fingerprint density at radius 3 is 2.96 bits per heavy atom. The maximum absolute atomic E-state index is 11.0. The van der Waals surface area contributed by atoms with Crippen LogP contribution in [0.2, 0.25) is 12.6 Å². The summed E-state index contributed by atoms with van der Waals surface area (Å²) >= 11 is 0. The number of rotatable bonds is 4. The lowest BCUT2D eigenvalue weighted by atomic mass is 10.1. The van der Waals surface area contributed by atoms with E-state index in [1.54, 1.807) is 0 Å². The van der Waals surface area contributed by atoms with Crippen molar-refractivity contribution < 1.29 is 14.9 Å². The second-order valence-electron chi connectivity index (χ2n) is 7.52. The third-order valence-electron chi connectivity index (χ3n) is 5.68. The van der Waals surface area contributed by atoms with Crippen LogP contribution in [0.25, 0.3) is 0 Å². The molecule has 2 heterocycles. The Labute approximate surface area is 153 Å². The Bertz CT molecular complexity index is 1020. The Balaban J connectivity index is 1.92. The highest BCUT2D eigenvalue weighted by atomic mass is 28.3. The fraction of sp³-hybridized carbons (Fsp3) is 0.350. The molecule has 0 aromatic heterocycles. The van der Waals surface area contributed by atoms with E-state index >= 15 is 0 Å². The van der Waals surface area contributed by atoms with Gasteiger partial charge in [0.15, 0.2) is 0 Å². The van der Waals surface area contributed by atoms with E-state index in [1.165, 1.54) is 21.3 Å². The van der Waals surface area contributed by atoms with E-state index < -0.39 is 14.0 Å². The summed E-state index contributed by atoms with van der Waals surface area (Å²) in [6.07, 6.45) is 3.11. The Morgan fingerprint density at radius 1 is 1.31 bits per heavy atom. The van der Waals surface area contributed by atoms with Crippen molar-refractivity contribution in [1.82, 2.24) is 0 Å². The van der Waals surface area contributed by atoms with Gasteiger partial charge in [0.25, 0.3) is 0 Å². The molecule has 26 heavy (non-hydrogen) atoms. The summed E-state index contributed by atoms with van der Waals surface area (Å²) in [5.41, 5.74) is 9.16. The summed E-state index contributed by atoms with van der Waals surface area (Å²) < 4.78 is 0. The number of anilines is 1. The Kier molecular flexibility index (Phi) is 4.15. The zero-order chi connectivity index (χ0) is 18.3. The highest BCUT2D eigenvalue weighted by molar-refractivity contribution is 7.02. The third kappa shape index (κ3) is 2.84. The first-order chi connectivity index (χ1) is 12.5. The molecule has 2 aromatic rings. The molecule has 0 saturated carbocycles. The minimum Gasteiger partial charge on any atom is -0.481 e. The molecule has 2 aliphatic rings. The zero-order valence-electron chi connectivity index (χ0n) is 15.0. The van der Waals surface area contributed by atoms with Gasteiger partial charge in [0.1, 0.15) is 14.6 Å². The SMILES string of the molecule is C[Si]1(CCCC(=O)O)c2cc(N)ccc2N=c2cc3c(cc21)=[NH+]CCC3. The molecule has 2 aliphatic heterocycles. The van der Waals surface area contributed by atoms with Crippen LogP contribution in [0.5, 0.6) is 0 Å². The number of hydrogen-bond acceptors (Lipinski definition) is 3. The molecule has 2 aromatic carbocycles. The van der Waals surface area contributed by atoms with E-state index in [4.69, 9.17) is 15.8 Å². The lowest BCUT2D eigenvalue weighted by Gasteiger charge is -2.33. The number of carboxylic acid groups (broad SMARTS) is 1. The van der Waals surface area contributed by atoms with Crippen molar-refractivity contribution >= 4 is 35.8 Å². The zero-order valence-corrected chi connectivity index (χ0v) is 16.0. The van der Waals surface area contributed by atoms with Crippen LogP contribution in [0.15, 0.2) is 35.3 Å². The normalized spacial score (nSPS) is 20.2. The van der Waals surface area contributed by atoms with Gasteiger partial charge in [0.2, 0.25) is 5.36 Å². The van der Waals surface area contributed by atoms with Crippen LogP contribution in [0.4, 0.5) is 11.4 Å². The molecule has 134 valence electrons. The van der Waals surface area contributed by atoms with Gasteiger partial charge >= 0.3 is 5.97 Å². The van der Waals surface area contributed by atoms with Gasteiger partial charge in [-0.2, -0.15) is 0 Å². The van der Waals surface area contributed by atoms with Crippen LogP contribution in [0.1, 0.15) is 24.8 Å². The van der Waals surface area contributed by atoms with E-state index in [0.717, 1.165) is 42.2 Å². The first-order valence-corrected chi connectivity index (χ1v) is 11.9. The Morgan fingerprint density at radius 2 is 2.15 bits per heavy atom. The van der Waals surface area contributed by atoms with Gasteiger partial charge in [-0.1, -0.05) is 6.55 Å². The van der Waals surface area contributed by atoms with Crippen molar-refractivity contribution in [2.45, 2.75) is 38.3 Å². The second-order valence-corrected chi connectivity index (χ2v) is 11.8. The largest absolute Gasteiger partial charge is 0.481 e. The molecular weight excluding hydrogens is 342 g/mol. The van der Waals surface area contributed by atoms with Crippen LogP contribution in [0.3, 0.4) is 0 Å². The fourth-order valence-corrected chi connectivity index (χ4v) is 8.33. The highest BCUT2D eigenvalue weighted by Gasteiger charge is 2.38. The Hall–Kier alpha value is -2.47. The van der Waals surface area contributed by atoms with E-state index in [1.807, 2.05) is 12.1 Å². The summed E-state index contributed by atoms with van der Waals surface area (Å²) in [7, 11) is -2.11. The number of carboxylic acids is 1. The summed E-state index contributed by atoms with van der Waals surface area (Å²) in [6.45, 7) is 3.33. The van der Waals surface area contributed by atoms with Crippen LogP contribution >= 0.6 is 0 Å². The minimum absolute atomic E-state index is 0.204. The smallest absolute Gasteiger partial charge is 0.303 e. The molecule has 1 unspecified atom stereocenters. The van der Waals surface area contributed by atoms with Gasteiger partial charge < -0.3 is 10.8 Å². The summed E-state index contributed by atoms with van der Waals surface area (Å²) in [5.74, 6) is -0.733. The molecule has 0 saturated heterocycles. The van der Waals surface area contributed by atoms with Gasteiger partial charge in [-0.05, 0) is 53.5 Å². The van der Waals surface area contributed by atoms with Gasteiger partial charge in [-0.3, -0.25) is 4.79 Å². The monoisotopic (exact) mass is 366 g/mol. The van der Waals surface area contributed by atoms with Crippen LogP contribution in [0, 0.1) is 0 Å². The van der Waals surface area contributed by atoms with Crippen molar-refractivity contribution in [3.05, 3.63) is 46.6 Å². The van der Waals surface area contributed by atoms with Gasteiger partial charge in [-0.15, -0.1) is 0 Å². The van der Waals surface area contributed by atoms with Gasteiger partial charge in [-0.25, -0.2) is 9.98 Å². The molecule has 0 radical (unpaired) electrons. The average molecular weight is 367 g/mol. The standard InChI is InChI=1S/C20H23N3O2Si/c1-26(9-3-5-20(24)25)18-11-14(21)6-7-15(18)23-17-10-13-4-2-8-22-16(13)12-19(17)26/h6-7,10-12H,2-5,8-9,21H2,1H3,(H,24,25)/p+1. The van der Waals surface area contributed by atoms with E-state index in [-0.39, 0.29) is 6.42 Å². The summed E-state index contributed by atoms with van der Waals surface area (Å²) in [5, 5.41) is 13.9. The molecule has 1 atom stereocenters. The molecule has 4 N–H and O–H groups in total. The van der Waals surface area contributed by atoms with Crippen LogP contribution in [-0.2, 0) is 11.2 Å². The first-order valence-electron chi connectivity index (χ1n) is 9.22. The van der Waals surface area contributed by atoms with E-state index in [0.29, 0.717) is 6.42 Å². The number of aliphatic carboxylic acids is 1. The molecule has 4 rings (SSSR count). The molecule has 0 bridgehead atoms. The van der Waals surface area contributed by atoms with Crippen molar-refractivity contribution in [2.24, 2.45) is 4.99 Å². The number of fused-ring (bicyclic) bond motifs is 3. The van der Waals surface area contributed by atoms with Gasteiger partial charge in [0, 0.05) is 30.2 Å². The molecule has 0 fully saturated rings. The minimum atomic E-state index is -2.11. The molecule has 0 amide bonds. The second kappa shape index (κ2) is 6.36. The predicted octanol–water partition coefficient (Wildman–Crippen LogP) is -0.762. The lowest BCUT2D eigenvalue weighted by molar-refractivity contribution is -0.505. The van der Waals surface area contributed by atoms with Crippen molar-refractivity contribution in [2.75, 3.05) is 12.3 Å². The highest BCUT2D eigenvalue weighted by Crippen LogP contribution is 2.24. The molecule has 6 heteroatoms. The van der Waals surface area contributed by atoms with E-state index in [2.05, 4.69) is 29.7 Å². The number of nitrogens with two attached hydrogens (primary N) is 1. The lowest BCUT2D eigenvalue weighted by Crippen LogP contribution is -2.80. The average Bonchev–Trinajstić information content (AvgIpc) is 2.61. The summed E-state index contributed by atoms with van der Waals surface area (Å²) in [4.78, 5) is 19.5. The number of hydrogen-bond donors (Lipinski definition) is 3. The topological polar surface area (TPSA) is 89.6 Å². The van der Waals surface area contributed by atoms with E-state index in [9.17, 15) is 4.79 Å². The molecule has 5 nitrogen and oxygen atoms in total. The molecular formula is C20H24N3O2Si+. The predicted molar refractivity (Wildman–Crippen MR) is 104 cm³/mol. The number of carbonyl (C=O) groups is 1. The molecule has 0 aliphatic carbocycles. The summed E-state index contributed by atoms with van der Waals surface area (Å²) in [6, 6.07) is 11.4.